The van der Waals surface area contributed by atoms with Crippen LogP contribution in [0, 0.1) is 0 Å². The van der Waals surface area contributed by atoms with E-state index in [1.54, 1.807) is 7.11 Å². The molecule has 0 aliphatic rings. The SMILES string of the molecule is COCCCc1n[nH]c2ccccc12. The number of benzene rings is 1. The van der Waals surface area contributed by atoms with Crippen LogP contribution in [0.3, 0.4) is 0 Å². The van der Waals surface area contributed by atoms with E-state index >= 15 is 0 Å². The van der Waals surface area contributed by atoms with Gasteiger partial charge in [0, 0.05) is 19.1 Å². The molecule has 0 aliphatic carbocycles. The molecule has 1 aromatic heterocycles. The summed E-state index contributed by atoms with van der Waals surface area (Å²) in [7, 11) is 1.72. The zero-order valence-electron chi connectivity index (χ0n) is 8.29. The van der Waals surface area contributed by atoms with E-state index in [0.29, 0.717) is 0 Å². The minimum atomic E-state index is 0.793. The summed E-state index contributed by atoms with van der Waals surface area (Å²) in [6.07, 6.45) is 1.99. The Hall–Kier alpha value is -1.35. The average Bonchev–Trinajstić information content (AvgIpc) is 2.63. The van der Waals surface area contributed by atoms with E-state index in [4.69, 9.17) is 4.74 Å². The Balaban J connectivity index is 2.17. The second-order valence-electron chi connectivity index (χ2n) is 3.31. The maximum Gasteiger partial charge on any atom is 0.0701 e. The summed E-state index contributed by atoms with van der Waals surface area (Å²) in [5, 5.41) is 8.54. The molecule has 0 radical (unpaired) electrons. The maximum atomic E-state index is 5.01. The molecule has 2 rings (SSSR count). The molecule has 2 aromatic rings. The lowest BCUT2D eigenvalue weighted by atomic mass is 10.1. The number of nitrogens with one attached hydrogen (secondary N) is 1. The number of rotatable bonds is 4. The summed E-state index contributed by atoms with van der Waals surface area (Å²) in [6, 6.07) is 8.19. The second-order valence-corrected chi connectivity index (χ2v) is 3.31. The molecule has 1 heterocycles. The molecule has 0 saturated carbocycles. The molecule has 0 fully saturated rings. The van der Waals surface area contributed by atoms with Gasteiger partial charge < -0.3 is 4.74 Å². The van der Waals surface area contributed by atoms with Crippen molar-refractivity contribution in [3.05, 3.63) is 30.0 Å². The monoisotopic (exact) mass is 190 g/mol. The molecule has 1 aromatic carbocycles. The Labute approximate surface area is 83.1 Å². The van der Waals surface area contributed by atoms with Gasteiger partial charge in [-0.3, -0.25) is 5.10 Å². The molecule has 0 bridgehead atoms. The lowest BCUT2D eigenvalue weighted by Gasteiger charge is -1.96. The summed E-state index contributed by atoms with van der Waals surface area (Å²) < 4.78 is 5.01. The molecular formula is C11H14N2O. The lowest BCUT2D eigenvalue weighted by molar-refractivity contribution is 0.195. The number of aromatic nitrogens is 2. The van der Waals surface area contributed by atoms with E-state index in [0.717, 1.165) is 30.7 Å². The number of para-hydroxylation sites is 1. The largest absolute Gasteiger partial charge is 0.385 e. The Morgan fingerprint density at radius 1 is 1.36 bits per heavy atom. The minimum Gasteiger partial charge on any atom is -0.385 e. The standard InChI is InChI=1S/C11H14N2O/c1-14-8-4-7-11-9-5-2-3-6-10(9)12-13-11/h2-3,5-6H,4,7-8H2,1H3,(H,12,13). The first-order valence-electron chi connectivity index (χ1n) is 4.83. The smallest absolute Gasteiger partial charge is 0.0701 e. The van der Waals surface area contributed by atoms with Crippen LogP contribution in [-0.4, -0.2) is 23.9 Å². The first kappa shape index (κ1) is 9.21. The van der Waals surface area contributed by atoms with Crippen LogP contribution in [0.25, 0.3) is 10.9 Å². The number of aromatic amines is 1. The summed E-state index contributed by atoms with van der Waals surface area (Å²) in [5.41, 5.74) is 2.25. The highest BCUT2D eigenvalue weighted by molar-refractivity contribution is 5.81. The molecule has 0 saturated heterocycles. The van der Waals surface area contributed by atoms with Gasteiger partial charge in [-0.1, -0.05) is 18.2 Å². The molecule has 0 spiro atoms. The van der Waals surface area contributed by atoms with Gasteiger partial charge in [-0.25, -0.2) is 0 Å². The maximum absolute atomic E-state index is 5.01. The van der Waals surface area contributed by atoms with Gasteiger partial charge in [-0.05, 0) is 18.9 Å². The molecule has 1 N–H and O–H groups in total. The van der Waals surface area contributed by atoms with Crippen molar-refractivity contribution in [2.45, 2.75) is 12.8 Å². The predicted octanol–water partition coefficient (Wildman–Crippen LogP) is 2.14. The highest BCUT2D eigenvalue weighted by atomic mass is 16.5. The van der Waals surface area contributed by atoms with Gasteiger partial charge in [0.15, 0.2) is 0 Å². The number of fused-ring (bicyclic) bond motifs is 1. The average molecular weight is 190 g/mol. The molecule has 0 unspecified atom stereocenters. The minimum absolute atomic E-state index is 0.793. The van der Waals surface area contributed by atoms with E-state index in [1.165, 1.54) is 5.39 Å². The van der Waals surface area contributed by atoms with E-state index < -0.39 is 0 Å². The third-order valence-electron chi connectivity index (χ3n) is 2.31. The van der Waals surface area contributed by atoms with Crippen LogP contribution in [0.15, 0.2) is 24.3 Å². The van der Waals surface area contributed by atoms with Crippen LogP contribution >= 0.6 is 0 Å². The molecule has 0 amide bonds. The van der Waals surface area contributed by atoms with Gasteiger partial charge >= 0.3 is 0 Å². The van der Waals surface area contributed by atoms with E-state index in [1.807, 2.05) is 18.2 Å². The topological polar surface area (TPSA) is 37.9 Å². The number of hydrogen-bond acceptors (Lipinski definition) is 2. The van der Waals surface area contributed by atoms with E-state index in [2.05, 4.69) is 16.3 Å². The normalized spacial score (nSPS) is 10.9. The summed E-state index contributed by atoms with van der Waals surface area (Å²) in [5.74, 6) is 0. The second kappa shape index (κ2) is 4.24. The van der Waals surface area contributed by atoms with Crippen molar-refractivity contribution >= 4 is 10.9 Å². The Morgan fingerprint density at radius 3 is 3.07 bits per heavy atom. The van der Waals surface area contributed by atoms with Gasteiger partial charge in [0.2, 0.25) is 0 Å². The van der Waals surface area contributed by atoms with Gasteiger partial charge in [0.05, 0.1) is 11.2 Å². The third-order valence-corrected chi connectivity index (χ3v) is 2.31. The number of methoxy groups -OCH3 is 1. The van der Waals surface area contributed by atoms with Crippen molar-refractivity contribution < 1.29 is 4.74 Å². The third kappa shape index (κ3) is 1.77. The van der Waals surface area contributed by atoms with Gasteiger partial charge in [0.1, 0.15) is 0 Å². The fourth-order valence-corrected chi connectivity index (χ4v) is 1.59. The number of aryl methyl sites for hydroxylation is 1. The first-order chi connectivity index (χ1) is 6.92. The van der Waals surface area contributed by atoms with Crippen LogP contribution in [0.2, 0.25) is 0 Å². The number of ether oxygens (including phenoxy) is 1. The zero-order valence-corrected chi connectivity index (χ0v) is 8.29. The van der Waals surface area contributed by atoms with Gasteiger partial charge in [-0.15, -0.1) is 0 Å². The van der Waals surface area contributed by atoms with Crippen molar-refractivity contribution in [3.63, 3.8) is 0 Å². The van der Waals surface area contributed by atoms with Crippen LogP contribution in [0.5, 0.6) is 0 Å². The molecule has 3 nitrogen and oxygen atoms in total. The lowest BCUT2D eigenvalue weighted by Crippen LogP contribution is -1.93. The highest BCUT2D eigenvalue weighted by Gasteiger charge is 2.03. The first-order valence-corrected chi connectivity index (χ1v) is 4.83. The molecule has 74 valence electrons. The fourth-order valence-electron chi connectivity index (χ4n) is 1.59. The van der Waals surface area contributed by atoms with Crippen molar-refractivity contribution in [1.82, 2.24) is 10.2 Å². The number of H-pyrrole nitrogens is 1. The Kier molecular flexibility index (Phi) is 2.79. The highest BCUT2D eigenvalue weighted by Crippen LogP contribution is 2.16. The molecule has 0 atom stereocenters. The predicted molar refractivity (Wildman–Crippen MR) is 56.3 cm³/mol. The van der Waals surface area contributed by atoms with Crippen molar-refractivity contribution in [1.29, 1.82) is 0 Å². The van der Waals surface area contributed by atoms with Crippen LogP contribution in [0.1, 0.15) is 12.1 Å². The van der Waals surface area contributed by atoms with Crippen molar-refractivity contribution in [2.24, 2.45) is 0 Å². The number of nitrogens with zero attached hydrogens (tertiary/aromatic N) is 1. The Morgan fingerprint density at radius 2 is 2.21 bits per heavy atom. The van der Waals surface area contributed by atoms with Gasteiger partial charge in [0.25, 0.3) is 0 Å². The van der Waals surface area contributed by atoms with Crippen LogP contribution in [0.4, 0.5) is 0 Å². The van der Waals surface area contributed by atoms with E-state index in [-0.39, 0.29) is 0 Å². The fraction of sp³-hybridized carbons (Fsp3) is 0.364. The summed E-state index contributed by atoms with van der Waals surface area (Å²) >= 11 is 0. The Bertz CT molecular complexity index is 408. The zero-order chi connectivity index (χ0) is 9.80. The van der Waals surface area contributed by atoms with Crippen molar-refractivity contribution in [3.8, 4) is 0 Å². The number of hydrogen-bond donors (Lipinski definition) is 1. The molecule has 0 aliphatic heterocycles. The molecule has 14 heavy (non-hydrogen) atoms. The summed E-state index contributed by atoms with van der Waals surface area (Å²) in [4.78, 5) is 0. The molecular weight excluding hydrogens is 176 g/mol. The summed E-state index contributed by atoms with van der Waals surface area (Å²) in [6.45, 7) is 0.793. The molecule has 3 heteroatoms. The van der Waals surface area contributed by atoms with Crippen LogP contribution in [-0.2, 0) is 11.2 Å². The van der Waals surface area contributed by atoms with Crippen LogP contribution < -0.4 is 0 Å². The van der Waals surface area contributed by atoms with E-state index in [9.17, 15) is 0 Å². The quantitative estimate of drug-likeness (QED) is 0.750. The van der Waals surface area contributed by atoms with Crippen molar-refractivity contribution in [2.75, 3.05) is 13.7 Å². The van der Waals surface area contributed by atoms with Gasteiger partial charge in [-0.2, -0.15) is 5.10 Å².